The number of H-pyrrole nitrogens is 1. The first-order valence-corrected chi connectivity index (χ1v) is 13.3. The Kier molecular flexibility index (Phi) is 8.15. The lowest BCUT2D eigenvalue weighted by Gasteiger charge is -2.42. The Morgan fingerprint density at radius 2 is 1.76 bits per heavy atom. The smallest absolute Gasteiger partial charge is 0.224 e. The lowest BCUT2D eigenvalue weighted by molar-refractivity contribution is -0.136. The van der Waals surface area contributed by atoms with Gasteiger partial charge in [-0.2, -0.15) is 0 Å². The van der Waals surface area contributed by atoms with Crippen LogP contribution in [0.3, 0.4) is 0 Å². The van der Waals surface area contributed by atoms with Crippen molar-refractivity contribution in [2.75, 3.05) is 26.2 Å². The number of amides is 1. The number of carbonyl (C=O) groups excluding carboxylic acids is 1. The molecule has 38 heavy (non-hydrogen) atoms. The van der Waals surface area contributed by atoms with Gasteiger partial charge in [-0.1, -0.05) is 54.6 Å². The molecule has 5 rings (SSSR count). The monoisotopic (exact) mass is 516 g/mol. The summed E-state index contributed by atoms with van der Waals surface area (Å²) in [6.07, 6.45) is 4.29. The second kappa shape index (κ2) is 11.9. The highest BCUT2D eigenvalue weighted by molar-refractivity contribution is 5.83. The van der Waals surface area contributed by atoms with Crippen molar-refractivity contribution >= 4 is 16.8 Å². The predicted octanol–water partition coefficient (Wildman–Crippen LogP) is 4.70. The van der Waals surface area contributed by atoms with Gasteiger partial charge in [-0.05, 0) is 54.2 Å². The van der Waals surface area contributed by atoms with E-state index in [1.54, 1.807) is 0 Å². The Labute approximate surface area is 222 Å². The second-order valence-electron chi connectivity index (χ2n) is 10.3. The van der Waals surface area contributed by atoms with Crippen molar-refractivity contribution in [3.63, 3.8) is 0 Å². The first kappa shape index (κ1) is 26.1. The lowest BCUT2D eigenvalue weighted by Crippen LogP contribution is -2.56. The van der Waals surface area contributed by atoms with E-state index < -0.39 is 17.7 Å². The number of nitrogens with two attached hydrogens (primary N) is 1. The molecule has 5 nitrogen and oxygen atoms in total. The number of piperazine rings is 1. The van der Waals surface area contributed by atoms with Crippen molar-refractivity contribution in [2.45, 2.75) is 37.8 Å². The fourth-order valence-corrected chi connectivity index (χ4v) is 5.51. The molecule has 198 valence electrons. The molecule has 3 N–H and O–H groups in total. The van der Waals surface area contributed by atoms with Gasteiger partial charge in [0.1, 0.15) is 0 Å². The number of hydrogen-bond donors (Lipinski definition) is 2. The highest BCUT2D eigenvalue weighted by atomic mass is 19.2. The van der Waals surface area contributed by atoms with Crippen LogP contribution in [-0.4, -0.2) is 59.0 Å². The number of rotatable bonds is 9. The van der Waals surface area contributed by atoms with Gasteiger partial charge in [-0.25, -0.2) is 8.78 Å². The van der Waals surface area contributed by atoms with Crippen molar-refractivity contribution in [1.29, 1.82) is 0 Å². The van der Waals surface area contributed by atoms with Gasteiger partial charge in [0.25, 0.3) is 0 Å². The molecule has 1 saturated heterocycles. The summed E-state index contributed by atoms with van der Waals surface area (Å²) < 4.78 is 26.9. The minimum Gasteiger partial charge on any atom is -0.361 e. The highest BCUT2D eigenvalue weighted by Crippen LogP contribution is 2.21. The summed E-state index contributed by atoms with van der Waals surface area (Å²) in [4.78, 5) is 21.2. The molecular weight excluding hydrogens is 482 g/mol. The van der Waals surface area contributed by atoms with E-state index in [4.69, 9.17) is 5.73 Å². The summed E-state index contributed by atoms with van der Waals surface area (Å²) in [7, 11) is 0. The third-order valence-electron chi connectivity index (χ3n) is 7.49. The van der Waals surface area contributed by atoms with Gasteiger partial charge < -0.3 is 15.6 Å². The molecule has 1 aliphatic rings. The molecule has 2 heterocycles. The maximum atomic E-state index is 13.6. The number of aromatic nitrogens is 1. The van der Waals surface area contributed by atoms with Gasteiger partial charge >= 0.3 is 0 Å². The summed E-state index contributed by atoms with van der Waals surface area (Å²) >= 11 is 0. The largest absolute Gasteiger partial charge is 0.361 e. The Balaban J connectivity index is 1.23. The molecule has 7 heteroatoms. The maximum Gasteiger partial charge on any atom is 0.224 e. The average molecular weight is 517 g/mol. The van der Waals surface area contributed by atoms with Crippen LogP contribution < -0.4 is 5.73 Å². The topological polar surface area (TPSA) is 65.4 Å². The summed E-state index contributed by atoms with van der Waals surface area (Å²) in [5, 5.41) is 1.26. The normalized spacial score (nSPS) is 17.1. The van der Waals surface area contributed by atoms with Gasteiger partial charge in [0.2, 0.25) is 5.91 Å². The molecule has 1 fully saturated rings. The van der Waals surface area contributed by atoms with Gasteiger partial charge in [-0.15, -0.1) is 0 Å². The molecule has 0 saturated carbocycles. The van der Waals surface area contributed by atoms with E-state index in [1.807, 2.05) is 29.2 Å². The standard InChI is InChI=1S/C31H34F2N4O/c32-28-11-10-23(18-29(28)33)16-25(34)19-31(38)37-15-14-36(21-26(37)17-22-6-2-1-3-7-22)13-12-24-20-35-30-9-5-4-8-27(24)30/h1-11,18,20,25-26,35H,12-17,19,21,34H2/t25-,26?/m1/s1. The maximum absolute atomic E-state index is 13.6. The minimum absolute atomic E-state index is 0.0114. The van der Waals surface area contributed by atoms with E-state index in [2.05, 4.69) is 46.4 Å². The molecule has 1 aromatic heterocycles. The van der Waals surface area contributed by atoms with Crippen LogP contribution in [0.25, 0.3) is 10.9 Å². The second-order valence-corrected chi connectivity index (χ2v) is 10.3. The third kappa shape index (κ3) is 6.29. The third-order valence-corrected chi connectivity index (χ3v) is 7.49. The average Bonchev–Trinajstić information content (AvgIpc) is 3.33. The van der Waals surface area contributed by atoms with E-state index in [0.29, 0.717) is 18.5 Å². The van der Waals surface area contributed by atoms with Crippen LogP contribution in [0.4, 0.5) is 8.78 Å². The Bertz CT molecular complexity index is 1370. The molecule has 0 bridgehead atoms. The SMILES string of the molecule is N[C@@H](CC(=O)N1CCN(CCc2c[nH]c3ccccc23)CC1Cc1ccccc1)Cc1ccc(F)c(F)c1. The number of benzene rings is 3. The highest BCUT2D eigenvalue weighted by Gasteiger charge is 2.31. The predicted molar refractivity (Wildman–Crippen MR) is 147 cm³/mol. The molecule has 2 atom stereocenters. The van der Waals surface area contributed by atoms with Gasteiger partial charge in [-0.3, -0.25) is 9.69 Å². The fourth-order valence-electron chi connectivity index (χ4n) is 5.51. The number of para-hydroxylation sites is 1. The van der Waals surface area contributed by atoms with E-state index in [0.717, 1.165) is 50.1 Å². The first-order chi connectivity index (χ1) is 18.5. The number of nitrogens with one attached hydrogen (secondary N) is 1. The number of hydrogen-bond acceptors (Lipinski definition) is 3. The van der Waals surface area contributed by atoms with Crippen molar-refractivity contribution in [1.82, 2.24) is 14.8 Å². The minimum atomic E-state index is -0.896. The van der Waals surface area contributed by atoms with Crippen LogP contribution >= 0.6 is 0 Å². The van der Waals surface area contributed by atoms with E-state index >= 15 is 0 Å². The van der Waals surface area contributed by atoms with Crippen molar-refractivity contribution in [2.24, 2.45) is 5.73 Å². The molecule has 0 radical (unpaired) electrons. The Hall–Kier alpha value is -3.55. The fraction of sp³-hybridized carbons (Fsp3) is 0.323. The molecule has 3 aromatic carbocycles. The number of nitrogens with zero attached hydrogens (tertiary/aromatic N) is 2. The molecule has 1 amide bonds. The molecule has 4 aromatic rings. The number of carbonyl (C=O) groups is 1. The van der Waals surface area contributed by atoms with Crippen molar-refractivity contribution < 1.29 is 13.6 Å². The molecule has 0 spiro atoms. The molecular formula is C31H34F2N4O. The van der Waals surface area contributed by atoms with Crippen LogP contribution in [0, 0.1) is 11.6 Å². The van der Waals surface area contributed by atoms with Crippen molar-refractivity contribution in [3.05, 3.63) is 107 Å². The summed E-state index contributed by atoms with van der Waals surface area (Å²) in [5.41, 5.74) is 10.5. The van der Waals surface area contributed by atoms with Gasteiger partial charge in [0, 0.05) is 61.8 Å². The zero-order chi connectivity index (χ0) is 26.5. The van der Waals surface area contributed by atoms with E-state index in [1.165, 1.54) is 22.6 Å². The lowest BCUT2D eigenvalue weighted by atomic mass is 9.99. The zero-order valence-corrected chi connectivity index (χ0v) is 21.5. The first-order valence-electron chi connectivity index (χ1n) is 13.3. The summed E-state index contributed by atoms with van der Waals surface area (Å²) in [6, 6.07) is 21.9. The Morgan fingerprint density at radius 3 is 2.58 bits per heavy atom. The van der Waals surface area contributed by atoms with Crippen LogP contribution in [0.5, 0.6) is 0 Å². The van der Waals surface area contributed by atoms with Crippen molar-refractivity contribution in [3.8, 4) is 0 Å². The van der Waals surface area contributed by atoms with Crippen LogP contribution in [0.2, 0.25) is 0 Å². The molecule has 1 unspecified atom stereocenters. The molecule has 1 aliphatic heterocycles. The van der Waals surface area contributed by atoms with Gasteiger partial charge in [0.15, 0.2) is 11.6 Å². The Morgan fingerprint density at radius 1 is 0.974 bits per heavy atom. The van der Waals surface area contributed by atoms with Gasteiger partial charge in [0.05, 0.1) is 0 Å². The van der Waals surface area contributed by atoms with Crippen LogP contribution in [-0.2, 0) is 24.1 Å². The number of fused-ring (bicyclic) bond motifs is 1. The molecule has 0 aliphatic carbocycles. The van der Waals surface area contributed by atoms with E-state index in [-0.39, 0.29) is 18.4 Å². The number of aromatic amines is 1. The van der Waals surface area contributed by atoms with Crippen LogP contribution in [0.1, 0.15) is 23.1 Å². The summed E-state index contributed by atoms with van der Waals surface area (Å²) in [5.74, 6) is -1.77. The quantitative estimate of drug-likeness (QED) is 0.339. The van der Waals surface area contributed by atoms with Crippen LogP contribution in [0.15, 0.2) is 79.0 Å². The zero-order valence-electron chi connectivity index (χ0n) is 21.5. The summed E-state index contributed by atoms with van der Waals surface area (Å²) in [6.45, 7) is 3.16. The number of halogens is 2. The van der Waals surface area contributed by atoms with E-state index in [9.17, 15) is 13.6 Å².